The Morgan fingerprint density at radius 3 is 3.11 bits per heavy atom. The molecule has 92 valence electrons. The van der Waals surface area contributed by atoms with Crippen LogP contribution in [-0.2, 0) is 0 Å². The van der Waals surface area contributed by atoms with E-state index in [1.54, 1.807) is 19.1 Å². The Morgan fingerprint density at radius 1 is 1.50 bits per heavy atom. The lowest BCUT2D eigenvalue weighted by Gasteiger charge is -2.00. The van der Waals surface area contributed by atoms with E-state index >= 15 is 0 Å². The summed E-state index contributed by atoms with van der Waals surface area (Å²) in [5.41, 5.74) is 3.11. The fraction of sp³-hybridized carbons (Fsp3) is 0.0909. The molecule has 7 heteroatoms. The maximum Gasteiger partial charge on any atom is 0.363 e. The number of hydrogen-bond donors (Lipinski definition) is 2. The van der Waals surface area contributed by atoms with Crippen LogP contribution in [0.25, 0.3) is 0 Å². The Balaban J connectivity index is 2.12. The summed E-state index contributed by atoms with van der Waals surface area (Å²) in [4.78, 5) is 14.6. The number of aromatic nitrogens is 3. The first kappa shape index (κ1) is 11.9. The smallest absolute Gasteiger partial charge is 0.260 e. The third-order valence-corrected chi connectivity index (χ3v) is 2.11. The second kappa shape index (κ2) is 5.17. The predicted octanol–water partition coefficient (Wildman–Crippen LogP) is 1.06. The van der Waals surface area contributed by atoms with Crippen molar-refractivity contribution < 1.29 is 4.39 Å². The van der Waals surface area contributed by atoms with Gasteiger partial charge in [-0.2, -0.15) is 15.2 Å². The van der Waals surface area contributed by atoms with Gasteiger partial charge < -0.3 is 0 Å². The number of nitrogens with zero attached hydrogens (tertiary/aromatic N) is 3. The zero-order chi connectivity index (χ0) is 13.0. The van der Waals surface area contributed by atoms with Gasteiger partial charge in [0.2, 0.25) is 0 Å². The van der Waals surface area contributed by atoms with E-state index in [2.05, 4.69) is 25.7 Å². The van der Waals surface area contributed by atoms with E-state index in [1.807, 2.05) is 0 Å². The second-order valence-corrected chi connectivity index (χ2v) is 3.50. The molecular weight excluding hydrogens is 237 g/mol. The van der Waals surface area contributed by atoms with Crippen LogP contribution in [-0.4, -0.2) is 21.4 Å². The van der Waals surface area contributed by atoms with Gasteiger partial charge >= 0.3 is 5.69 Å². The minimum Gasteiger partial charge on any atom is -0.260 e. The van der Waals surface area contributed by atoms with Gasteiger partial charge in [0.05, 0.1) is 6.21 Å². The molecular formula is C11H10FN5O. The molecule has 2 aromatic rings. The highest BCUT2D eigenvalue weighted by atomic mass is 19.1. The fourth-order valence-corrected chi connectivity index (χ4v) is 1.25. The highest BCUT2D eigenvalue weighted by Gasteiger charge is 2.00. The zero-order valence-corrected chi connectivity index (χ0v) is 9.51. The maximum absolute atomic E-state index is 12.9. The van der Waals surface area contributed by atoms with E-state index in [-0.39, 0.29) is 11.6 Å². The Hall–Kier alpha value is -2.57. The molecule has 0 unspecified atom stereocenters. The molecule has 0 aliphatic heterocycles. The molecule has 0 bridgehead atoms. The average molecular weight is 247 g/mol. The molecule has 0 saturated carbocycles. The van der Waals surface area contributed by atoms with Crippen LogP contribution in [0.4, 0.5) is 10.2 Å². The van der Waals surface area contributed by atoms with Crippen molar-refractivity contribution in [3.05, 3.63) is 51.8 Å². The number of rotatable bonds is 3. The van der Waals surface area contributed by atoms with E-state index in [1.165, 1.54) is 18.3 Å². The van der Waals surface area contributed by atoms with Crippen LogP contribution in [0.2, 0.25) is 0 Å². The molecule has 0 saturated heterocycles. The predicted molar refractivity (Wildman–Crippen MR) is 65.0 cm³/mol. The number of benzene rings is 1. The Labute approximate surface area is 102 Å². The van der Waals surface area contributed by atoms with Crippen molar-refractivity contribution in [1.82, 2.24) is 15.2 Å². The minimum atomic E-state index is -0.566. The van der Waals surface area contributed by atoms with Crippen LogP contribution in [0.1, 0.15) is 11.3 Å². The zero-order valence-electron chi connectivity index (χ0n) is 9.51. The quantitative estimate of drug-likeness (QED) is 0.627. The van der Waals surface area contributed by atoms with Crippen molar-refractivity contribution in [3.63, 3.8) is 0 Å². The summed E-state index contributed by atoms with van der Waals surface area (Å²) in [5.74, 6) is -0.0857. The van der Waals surface area contributed by atoms with Crippen LogP contribution < -0.4 is 11.1 Å². The SMILES string of the molecule is Cc1n[nH]c(=O)nc1NN=Cc1cccc(F)c1. The molecule has 0 radical (unpaired) electrons. The number of anilines is 1. The molecule has 2 N–H and O–H groups in total. The number of aryl methyl sites for hydroxylation is 1. The van der Waals surface area contributed by atoms with Crippen LogP contribution in [0, 0.1) is 12.7 Å². The molecule has 0 aliphatic rings. The van der Waals surface area contributed by atoms with Crippen LogP contribution in [0.3, 0.4) is 0 Å². The van der Waals surface area contributed by atoms with E-state index in [4.69, 9.17) is 0 Å². The molecule has 0 spiro atoms. The Morgan fingerprint density at radius 2 is 2.33 bits per heavy atom. The first-order chi connectivity index (χ1) is 8.65. The van der Waals surface area contributed by atoms with Crippen molar-refractivity contribution in [2.24, 2.45) is 5.10 Å². The van der Waals surface area contributed by atoms with Gasteiger partial charge in [-0.15, -0.1) is 0 Å². The maximum atomic E-state index is 12.9. The van der Waals surface area contributed by atoms with E-state index in [0.29, 0.717) is 11.3 Å². The van der Waals surface area contributed by atoms with Gasteiger partial charge in [-0.1, -0.05) is 12.1 Å². The van der Waals surface area contributed by atoms with E-state index in [9.17, 15) is 9.18 Å². The van der Waals surface area contributed by atoms with Crippen molar-refractivity contribution >= 4 is 12.0 Å². The summed E-state index contributed by atoms with van der Waals surface area (Å²) in [6.45, 7) is 1.67. The fourth-order valence-electron chi connectivity index (χ4n) is 1.25. The summed E-state index contributed by atoms with van der Waals surface area (Å²) in [6, 6.07) is 5.96. The van der Waals surface area contributed by atoms with Crippen molar-refractivity contribution in [3.8, 4) is 0 Å². The van der Waals surface area contributed by atoms with Gasteiger partial charge in [-0.25, -0.2) is 14.3 Å². The molecule has 0 amide bonds. The number of aromatic amines is 1. The van der Waals surface area contributed by atoms with Crippen LogP contribution in [0.5, 0.6) is 0 Å². The first-order valence-electron chi connectivity index (χ1n) is 5.13. The van der Waals surface area contributed by atoms with Crippen molar-refractivity contribution in [1.29, 1.82) is 0 Å². The molecule has 1 heterocycles. The van der Waals surface area contributed by atoms with Gasteiger partial charge in [-0.3, -0.25) is 5.43 Å². The number of halogens is 1. The summed E-state index contributed by atoms with van der Waals surface area (Å²) < 4.78 is 12.9. The largest absolute Gasteiger partial charge is 0.363 e. The lowest BCUT2D eigenvalue weighted by molar-refractivity contribution is 0.627. The molecule has 2 rings (SSSR count). The van der Waals surface area contributed by atoms with Crippen molar-refractivity contribution in [2.45, 2.75) is 6.92 Å². The summed E-state index contributed by atoms with van der Waals surface area (Å²) in [5, 5.41) is 9.78. The standard InChI is InChI=1S/C11H10FN5O/c1-7-10(14-11(18)17-15-7)16-13-6-8-3-2-4-9(12)5-8/h2-6H,1H3,(H2,14,16,17,18). The van der Waals surface area contributed by atoms with Crippen LogP contribution >= 0.6 is 0 Å². The summed E-state index contributed by atoms with van der Waals surface area (Å²) in [6.07, 6.45) is 1.42. The molecule has 0 atom stereocenters. The lowest BCUT2D eigenvalue weighted by Crippen LogP contribution is -2.15. The first-order valence-corrected chi connectivity index (χ1v) is 5.13. The van der Waals surface area contributed by atoms with Gasteiger partial charge in [0.15, 0.2) is 5.82 Å². The number of nitrogens with one attached hydrogen (secondary N) is 2. The topological polar surface area (TPSA) is 83.0 Å². The van der Waals surface area contributed by atoms with Gasteiger partial charge in [-0.05, 0) is 24.6 Å². The second-order valence-electron chi connectivity index (χ2n) is 3.50. The third kappa shape index (κ3) is 2.97. The minimum absolute atomic E-state index is 0.256. The molecule has 1 aromatic carbocycles. The lowest BCUT2D eigenvalue weighted by atomic mass is 10.2. The molecule has 0 fully saturated rings. The molecule has 6 nitrogen and oxygen atoms in total. The Bertz CT molecular complexity index is 637. The summed E-state index contributed by atoms with van der Waals surface area (Å²) in [7, 11) is 0. The van der Waals surface area contributed by atoms with Gasteiger partial charge in [0.25, 0.3) is 0 Å². The number of hydrogen-bond acceptors (Lipinski definition) is 5. The number of hydrazone groups is 1. The van der Waals surface area contributed by atoms with Crippen LogP contribution in [0.15, 0.2) is 34.2 Å². The van der Waals surface area contributed by atoms with Crippen molar-refractivity contribution in [2.75, 3.05) is 5.43 Å². The molecule has 18 heavy (non-hydrogen) atoms. The average Bonchev–Trinajstić information content (AvgIpc) is 2.34. The number of H-pyrrole nitrogens is 1. The third-order valence-electron chi connectivity index (χ3n) is 2.11. The van der Waals surface area contributed by atoms with Gasteiger partial charge in [0.1, 0.15) is 11.5 Å². The molecule has 1 aromatic heterocycles. The highest BCUT2D eigenvalue weighted by molar-refractivity contribution is 5.80. The molecule has 0 aliphatic carbocycles. The van der Waals surface area contributed by atoms with E-state index < -0.39 is 5.69 Å². The summed E-state index contributed by atoms with van der Waals surface area (Å²) >= 11 is 0. The highest BCUT2D eigenvalue weighted by Crippen LogP contribution is 2.04. The normalized spacial score (nSPS) is 10.8. The monoisotopic (exact) mass is 247 g/mol. The van der Waals surface area contributed by atoms with Gasteiger partial charge in [0, 0.05) is 0 Å². The van der Waals surface area contributed by atoms with E-state index in [0.717, 1.165) is 0 Å². The Kier molecular flexibility index (Phi) is 3.42.